The molecule has 0 saturated carbocycles. The van der Waals surface area contributed by atoms with E-state index in [-0.39, 0.29) is 74.6 Å². The van der Waals surface area contributed by atoms with Crippen LogP contribution in [0, 0.1) is 0 Å². The average molecular weight is 209 g/mol. The zero-order chi connectivity index (χ0) is 4.50. The van der Waals surface area contributed by atoms with E-state index < -0.39 is 7.82 Å². The summed E-state index contributed by atoms with van der Waals surface area (Å²) in [7, 11) is -4.64. The monoisotopic (exact) mass is 209 g/mol. The molecule has 0 rings (SSSR count). The standard InChI is InChI=1S/FH.K.H3O4P.V.H/c;;1-5(2,3)4;;/h1H;;(H3,1,2,3,4);;. The third kappa shape index (κ3) is 85.2. The summed E-state index contributed by atoms with van der Waals surface area (Å²) >= 11 is 0. The molecule has 0 heterocycles. The molecule has 0 atom stereocenters. The summed E-state index contributed by atoms with van der Waals surface area (Å²) in [5, 5.41) is 0. The minimum atomic E-state index is -4.64. The van der Waals surface area contributed by atoms with Crippen LogP contribution in [0.5, 0.6) is 0 Å². The summed E-state index contributed by atoms with van der Waals surface area (Å²) in [4.78, 5) is 21.6. The number of hydrogen-bond acceptors (Lipinski definition) is 1. The van der Waals surface area contributed by atoms with Crippen molar-refractivity contribution in [2.24, 2.45) is 0 Å². The first kappa shape index (κ1) is 22.5. The molecular weight excluding hydrogens is 204 g/mol. The maximum Gasteiger partial charge on any atom is 0 e. The zero-order valence-electron chi connectivity index (χ0n) is 3.05. The van der Waals surface area contributed by atoms with Crippen molar-refractivity contribution >= 4 is 59.2 Å². The van der Waals surface area contributed by atoms with Gasteiger partial charge in [-0.15, -0.1) is 0 Å². The molecule has 0 fully saturated rings. The molecule has 0 saturated heterocycles. The fourth-order valence-corrected chi connectivity index (χ4v) is 0. The molecule has 47 valence electrons. The van der Waals surface area contributed by atoms with Crippen molar-refractivity contribution in [1.29, 1.82) is 0 Å². The second-order valence-corrected chi connectivity index (χ2v) is 1.54. The van der Waals surface area contributed by atoms with Gasteiger partial charge < -0.3 is 14.7 Å². The molecule has 1 radical (unpaired) electrons. The third-order valence-electron chi connectivity index (χ3n) is 0. The Balaban J connectivity index is -0.0000000267. The van der Waals surface area contributed by atoms with Gasteiger partial charge in [0.2, 0.25) is 0 Å². The first-order chi connectivity index (χ1) is 2.00. The average Bonchev–Trinajstić information content (AvgIpc) is 0.722. The Kier molecular flexibility index (Phi) is 26.0. The molecule has 8 heavy (non-hydrogen) atoms. The minimum absolute atomic E-state index is 0. The van der Waals surface area contributed by atoms with E-state index in [1.807, 2.05) is 0 Å². The van der Waals surface area contributed by atoms with Crippen LogP contribution in [0.1, 0.15) is 0 Å². The summed E-state index contributed by atoms with van der Waals surface area (Å²) in [6, 6.07) is 0. The topological polar surface area (TPSA) is 77.8 Å². The van der Waals surface area contributed by atoms with Gasteiger partial charge in [-0.05, 0) is 0 Å². The molecular formula is H5FKO4PV. The number of hydrogen-bond donors (Lipinski definition) is 3. The van der Waals surface area contributed by atoms with Gasteiger partial charge in [0, 0.05) is 18.6 Å². The minimum Gasteiger partial charge on any atom is 0 e. The Labute approximate surface area is 100.0 Å². The van der Waals surface area contributed by atoms with E-state index in [2.05, 4.69) is 0 Å². The van der Waals surface area contributed by atoms with Crippen molar-refractivity contribution in [1.82, 2.24) is 0 Å². The maximum atomic E-state index is 8.88. The van der Waals surface area contributed by atoms with Gasteiger partial charge in [0.25, 0.3) is 0 Å². The Hall–Kier alpha value is 2.26. The van der Waals surface area contributed by atoms with Crippen LogP contribution in [-0.4, -0.2) is 66.1 Å². The number of phosphoric acid groups is 1. The van der Waals surface area contributed by atoms with Crippen LogP contribution in [0.25, 0.3) is 0 Å². The van der Waals surface area contributed by atoms with Crippen molar-refractivity contribution in [2.75, 3.05) is 0 Å². The molecule has 0 amide bonds. The van der Waals surface area contributed by atoms with E-state index in [0.717, 1.165) is 0 Å². The van der Waals surface area contributed by atoms with Crippen molar-refractivity contribution in [2.45, 2.75) is 0 Å². The Morgan fingerprint density at radius 3 is 1.12 bits per heavy atom. The smallest absolute Gasteiger partial charge is 0 e. The summed E-state index contributed by atoms with van der Waals surface area (Å²) in [5.74, 6) is 0. The molecule has 0 aromatic carbocycles. The molecule has 0 aliphatic rings. The van der Waals surface area contributed by atoms with Crippen molar-refractivity contribution in [3.8, 4) is 0 Å². The Morgan fingerprint density at radius 2 is 1.12 bits per heavy atom. The summed E-state index contributed by atoms with van der Waals surface area (Å²) < 4.78 is 8.88. The van der Waals surface area contributed by atoms with Gasteiger partial charge in [-0.25, -0.2) is 4.57 Å². The largest absolute Gasteiger partial charge is 0 e. The summed E-state index contributed by atoms with van der Waals surface area (Å²) in [6.07, 6.45) is 0. The molecule has 3 N–H and O–H groups in total. The quantitative estimate of drug-likeness (QED) is 0.337. The van der Waals surface area contributed by atoms with Gasteiger partial charge in [0.05, 0.1) is 0 Å². The van der Waals surface area contributed by atoms with Crippen LogP contribution < -0.4 is 0 Å². The van der Waals surface area contributed by atoms with E-state index in [9.17, 15) is 0 Å². The first-order valence-corrected chi connectivity index (χ1v) is 2.35. The molecule has 0 bridgehead atoms. The van der Waals surface area contributed by atoms with Gasteiger partial charge in [-0.2, -0.15) is 0 Å². The van der Waals surface area contributed by atoms with Crippen LogP contribution in [0.2, 0.25) is 0 Å². The van der Waals surface area contributed by atoms with Crippen molar-refractivity contribution < 1.29 is 42.5 Å². The molecule has 0 aromatic heterocycles. The summed E-state index contributed by atoms with van der Waals surface area (Å²) in [6.45, 7) is 0. The Morgan fingerprint density at radius 1 is 1.12 bits per heavy atom. The first-order valence-electron chi connectivity index (χ1n) is 0.783. The molecule has 8 heteroatoms. The zero-order valence-corrected chi connectivity index (χ0v) is 5.34. The van der Waals surface area contributed by atoms with Crippen LogP contribution in [0.4, 0.5) is 4.70 Å². The predicted octanol–water partition coefficient (Wildman–Crippen LogP) is -1.43. The third-order valence-corrected chi connectivity index (χ3v) is 0. The van der Waals surface area contributed by atoms with Crippen LogP contribution in [-0.2, 0) is 23.1 Å². The molecule has 0 aromatic rings. The Bertz CT molecular complexity index is 62.2. The van der Waals surface area contributed by atoms with E-state index in [0.29, 0.717) is 0 Å². The van der Waals surface area contributed by atoms with E-state index >= 15 is 0 Å². The van der Waals surface area contributed by atoms with Gasteiger partial charge in [0.1, 0.15) is 0 Å². The van der Waals surface area contributed by atoms with Crippen LogP contribution in [0.15, 0.2) is 0 Å². The maximum absolute atomic E-state index is 8.88. The molecule has 4 nitrogen and oxygen atoms in total. The molecule has 0 unspecified atom stereocenters. The second kappa shape index (κ2) is 9.26. The van der Waals surface area contributed by atoms with Crippen LogP contribution >= 0.6 is 7.82 Å². The number of halogens is 1. The van der Waals surface area contributed by atoms with Crippen molar-refractivity contribution in [3.63, 3.8) is 0 Å². The van der Waals surface area contributed by atoms with Crippen molar-refractivity contribution in [3.05, 3.63) is 0 Å². The SMILES string of the molecule is F.O=P(O)(O)O.[KH].[V]. The van der Waals surface area contributed by atoms with Gasteiger partial charge >= 0.3 is 59.2 Å². The van der Waals surface area contributed by atoms with Gasteiger partial charge in [-0.3, -0.25) is 4.70 Å². The van der Waals surface area contributed by atoms with E-state index in [4.69, 9.17) is 19.2 Å². The molecule has 0 spiro atoms. The molecule has 0 aliphatic heterocycles. The normalized spacial score (nSPS) is 7.38. The fraction of sp³-hybridized carbons (Fsp3) is 0. The van der Waals surface area contributed by atoms with Crippen LogP contribution in [0.3, 0.4) is 0 Å². The fourth-order valence-electron chi connectivity index (χ4n) is 0. The van der Waals surface area contributed by atoms with E-state index in [1.165, 1.54) is 0 Å². The number of rotatable bonds is 0. The molecule has 0 aliphatic carbocycles. The predicted molar refractivity (Wildman–Crippen MR) is 23.9 cm³/mol. The second-order valence-electron chi connectivity index (χ2n) is 0.513. The van der Waals surface area contributed by atoms with Gasteiger partial charge in [-0.1, -0.05) is 0 Å². The summed E-state index contributed by atoms with van der Waals surface area (Å²) in [5.41, 5.74) is 0. The van der Waals surface area contributed by atoms with E-state index in [1.54, 1.807) is 0 Å². The van der Waals surface area contributed by atoms with Gasteiger partial charge in [0.15, 0.2) is 0 Å².